The molecule has 2 aliphatic heterocycles. The number of benzene rings is 1. The molecule has 1 aromatic carbocycles. The number of nitrogens with one attached hydrogen (secondary N) is 1. The smallest absolute Gasteiger partial charge is 0.273 e. The van der Waals surface area contributed by atoms with Gasteiger partial charge in [0.25, 0.3) is 5.91 Å². The fourth-order valence-corrected chi connectivity index (χ4v) is 4.19. The molecule has 1 saturated heterocycles. The van der Waals surface area contributed by atoms with Crippen molar-refractivity contribution in [3.05, 3.63) is 71.8 Å². The van der Waals surface area contributed by atoms with Gasteiger partial charge < -0.3 is 4.90 Å². The molecule has 1 fully saturated rings. The van der Waals surface area contributed by atoms with Crippen molar-refractivity contribution in [2.24, 2.45) is 0 Å². The van der Waals surface area contributed by atoms with E-state index in [1.807, 2.05) is 53.6 Å². The van der Waals surface area contributed by atoms with Crippen LogP contribution >= 0.6 is 0 Å². The number of rotatable bonds is 2. The molecule has 2 aromatic heterocycles. The molecule has 5 heteroatoms. The second-order valence-corrected chi connectivity index (χ2v) is 6.76. The van der Waals surface area contributed by atoms with Crippen molar-refractivity contribution in [2.45, 2.75) is 31.3 Å². The lowest BCUT2D eigenvalue weighted by atomic mass is 9.99. The lowest BCUT2D eigenvalue weighted by Gasteiger charge is -2.34. The van der Waals surface area contributed by atoms with Crippen molar-refractivity contribution in [1.82, 2.24) is 20.1 Å². The van der Waals surface area contributed by atoms with Crippen LogP contribution in [0.3, 0.4) is 0 Å². The predicted octanol–water partition coefficient (Wildman–Crippen LogP) is 3.37. The lowest BCUT2D eigenvalue weighted by Crippen LogP contribution is -2.42. The van der Waals surface area contributed by atoms with E-state index < -0.39 is 0 Å². The summed E-state index contributed by atoms with van der Waals surface area (Å²) in [5.41, 5.74) is 4.99. The Labute approximate surface area is 145 Å². The molecule has 2 atom stereocenters. The SMILES string of the molecule is O=C(c1cc(-c2ccccc2)ccn1)N1C2CCC1c1cn[nH]c1C2. The third-order valence-corrected chi connectivity index (χ3v) is 5.37. The molecule has 1 amide bonds. The first kappa shape index (κ1) is 14.4. The number of hydrogen-bond donors (Lipinski definition) is 1. The zero-order chi connectivity index (χ0) is 16.8. The van der Waals surface area contributed by atoms with E-state index in [1.165, 1.54) is 11.3 Å². The van der Waals surface area contributed by atoms with Crippen LogP contribution in [0.15, 0.2) is 54.9 Å². The van der Waals surface area contributed by atoms with Gasteiger partial charge in [-0.1, -0.05) is 30.3 Å². The van der Waals surface area contributed by atoms with Crippen LogP contribution in [0.5, 0.6) is 0 Å². The van der Waals surface area contributed by atoms with Gasteiger partial charge in [-0.15, -0.1) is 0 Å². The molecule has 2 aliphatic rings. The standard InChI is InChI=1S/C20H18N4O/c25-20(18-10-14(8-9-21-18)13-4-2-1-3-5-13)24-15-6-7-19(24)16-12-22-23-17(16)11-15/h1-5,8-10,12,15,19H,6-7,11H2,(H,22,23). The molecule has 4 heterocycles. The van der Waals surface area contributed by atoms with Gasteiger partial charge in [0.1, 0.15) is 5.69 Å². The number of hydrogen-bond acceptors (Lipinski definition) is 3. The van der Waals surface area contributed by atoms with Gasteiger partial charge in [0.05, 0.1) is 12.2 Å². The minimum atomic E-state index is 0.0251. The van der Waals surface area contributed by atoms with Crippen LogP contribution in [0.4, 0.5) is 0 Å². The number of carbonyl (C=O) groups excluding carboxylic acids is 1. The predicted molar refractivity (Wildman–Crippen MR) is 93.9 cm³/mol. The summed E-state index contributed by atoms with van der Waals surface area (Å²) in [4.78, 5) is 19.6. The largest absolute Gasteiger partial charge is 0.327 e. The van der Waals surface area contributed by atoms with Crippen LogP contribution in [-0.4, -0.2) is 32.0 Å². The van der Waals surface area contributed by atoms with Crippen molar-refractivity contribution >= 4 is 5.91 Å². The van der Waals surface area contributed by atoms with Gasteiger partial charge in [-0.05, 0) is 36.1 Å². The maximum Gasteiger partial charge on any atom is 0.273 e. The first-order valence-corrected chi connectivity index (χ1v) is 8.67. The van der Waals surface area contributed by atoms with Crippen molar-refractivity contribution in [2.75, 3.05) is 0 Å². The Balaban J connectivity index is 1.50. The Bertz CT molecular complexity index is 934. The second-order valence-electron chi connectivity index (χ2n) is 6.76. The van der Waals surface area contributed by atoms with Crippen LogP contribution in [-0.2, 0) is 6.42 Å². The number of nitrogens with zero attached hydrogens (tertiary/aromatic N) is 3. The second kappa shape index (κ2) is 5.55. The van der Waals surface area contributed by atoms with Crippen LogP contribution in [0.25, 0.3) is 11.1 Å². The zero-order valence-electron chi connectivity index (χ0n) is 13.7. The Morgan fingerprint density at radius 3 is 2.88 bits per heavy atom. The van der Waals surface area contributed by atoms with E-state index in [1.54, 1.807) is 6.20 Å². The third-order valence-electron chi connectivity index (χ3n) is 5.37. The molecular weight excluding hydrogens is 312 g/mol. The summed E-state index contributed by atoms with van der Waals surface area (Å²) in [6.45, 7) is 0. The number of pyridine rings is 1. The molecule has 3 aromatic rings. The molecule has 124 valence electrons. The average molecular weight is 330 g/mol. The van der Waals surface area contributed by atoms with Gasteiger partial charge in [0, 0.05) is 29.9 Å². The molecule has 0 saturated carbocycles. The van der Waals surface area contributed by atoms with Gasteiger partial charge >= 0.3 is 0 Å². The van der Waals surface area contributed by atoms with Gasteiger partial charge in [-0.25, -0.2) is 0 Å². The van der Waals surface area contributed by atoms with Crippen LogP contribution in [0, 0.1) is 0 Å². The van der Waals surface area contributed by atoms with E-state index in [2.05, 4.69) is 15.2 Å². The summed E-state index contributed by atoms with van der Waals surface area (Å²) in [5, 5.41) is 7.25. The first-order chi connectivity index (χ1) is 12.3. The molecule has 5 rings (SSSR count). The van der Waals surface area contributed by atoms with Gasteiger partial charge in [-0.2, -0.15) is 5.10 Å². The Morgan fingerprint density at radius 1 is 1.12 bits per heavy atom. The summed E-state index contributed by atoms with van der Waals surface area (Å²) < 4.78 is 0. The van der Waals surface area contributed by atoms with Crippen LogP contribution in [0.2, 0.25) is 0 Å². The molecular formula is C20H18N4O. The number of carbonyl (C=O) groups is 1. The highest BCUT2D eigenvalue weighted by molar-refractivity contribution is 5.94. The molecule has 0 spiro atoms. The molecule has 25 heavy (non-hydrogen) atoms. The van der Waals surface area contributed by atoms with E-state index >= 15 is 0 Å². The summed E-state index contributed by atoms with van der Waals surface area (Å²) in [5.74, 6) is 0.0251. The maximum absolute atomic E-state index is 13.2. The number of aromatic nitrogens is 3. The maximum atomic E-state index is 13.2. The number of amides is 1. The summed E-state index contributed by atoms with van der Waals surface area (Å²) in [6.07, 6.45) is 6.49. The number of H-pyrrole nitrogens is 1. The third kappa shape index (κ3) is 2.27. The quantitative estimate of drug-likeness (QED) is 0.783. The Kier molecular flexibility index (Phi) is 3.20. The van der Waals surface area contributed by atoms with Gasteiger partial charge in [-0.3, -0.25) is 14.9 Å². The Morgan fingerprint density at radius 2 is 2.00 bits per heavy atom. The molecule has 2 bridgehead atoms. The molecule has 2 unspecified atom stereocenters. The fraction of sp³-hybridized carbons (Fsp3) is 0.250. The highest BCUT2D eigenvalue weighted by Gasteiger charge is 2.43. The van der Waals surface area contributed by atoms with E-state index in [4.69, 9.17) is 0 Å². The van der Waals surface area contributed by atoms with Crippen molar-refractivity contribution in [3.8, 4) is 11.1 Å². The lowest BCUT2D eigenvalue weighted by molar-refractivity contribution is 0.0639. The topological polar surface area (TPSA) is 61.9 Å². The minimum absolute atomic E-state index is 0.0251. The molecule has 0 aliphatic carbocycles. The first-order valence-electron chi connectivity index (χ1n) is 8.67. The minimum Gasteiger partial charge on any atom is -0.327 e. The van der Waals surface area contributed by atoms with Crippen LogP contribution < -0.4 is 0 Å². The van der Waals surface area contributed by atoms with Crippen LogP contribution in [0.1, 0.15) is 40.6 Å². The molecule has 0 radical (unpaired) electrons. The van der Waals surface area contributed by atoms with E-state index in [9.17, 15) is 4.79 Å². The highest BCUT2D eigenvalue weighted by atomic mass is 16.2. The Hall–Kier alpha value is -2.95. The number of fused-ring (bicyclic) bond motifs is 4. The molecule has 5 nitrogen and oxygen atoms in total. The summed E-state index contributed by atoms with van der Waals surface area (Å²) in [7, 11) is 0. The van der Waals surface area contributed by atoms with Crippen molar-refractivity contribution < 1.29 is 4.79 Å². The highest BCUT2D eigenvalue weighted by Crippen LogP contribution is 2.43. The van der Waals surface area contributed by atoms with E-state index in [-0.39, 0.29) is 18.0 Å². The van der Waals surface area contributed by atoms with Gasteiger partial charge in [0.2, 0.25) is 0 Å². The van der Waals surface area contributed by atoms with Gasteiger partial charge in [0.15, 0.2) is 0 Å². The van der Waals surface area contributed by atoms with Crippen molar-refractivity contribution in [1.29, 1.82) is 0 Å². The zero-order valence-corrected chi connectivity index (χ0v) is 13.7. The number of aromatic amines is 1. The average Bonchev–Trinajstić information content (AvgIpc) is 3.27. The summed E-state index contributed by atoms with van der Waals surface area (Å²) >= 11 is 0. The van der Waals surface area contributed by atoms with E-state index in [0.29, 0.717) is 5.69 Å². The monoisotopic (exact) mass is 330 g/mol. The summed E-state index contributed by atoms with van der Waals surface area (Å²) in [6, 6.07) is 14.3. The van der Waals surface area contributed by atoms with E-state index in [0.717, 1.165) is 30.4 Å². The van der Waals surface area contributed by atoms with Crippen molar-refractivity contribution in [3.63, 3.8) is 0 Å². The fourth-order valence-electron chi connectivity index (χ4n) is 4.19. The normalized spacial score (nSPS) is 21.2. The molecule has 1 N–H and O–H groups in total.